The number of amides is 1. The lowest BCUT2D eigenvalue weighted by Crippen LogP contribution is -2.24. The first-order valence-electron chi connectivity index (χ1n) is 7.78. The average Bonchev–Trinajstić information content (AvgIpc) is 3.12. The van der Waals surface area contributed by atoms with Gasteiger partial charge < -0.3 is 9.84 Å². The van der Waals surface area contributed by atoms with Gasteiger partial charge in [0.05, 0.1) is 12.3 Å². The zero-order chi connectivity index (χ0) is 18.4. The Morgan fingerprint density at radius 2 is 1.96 bits per heavy atom. The van der Waals surface area contributed by atoms with Crippen LogP contribution >= 0.6 is 35.0 Å². The largest absolute Gasteiger partial charge is 0.346 e. The number of benzene rings is 2. The molecule has 0 spiro atoms. The number of nitrogens with one attached hydrogen (secondary N) is 1. The molecule has 0 saturated carbocycles. The van der Waals surface area contributed by atoms with Crippen molar-refractivity contribution in [1.29, 1.82) is 0 Å². The van der Waals surface area contributed by atoms with Gasteiger partial charge in [0.25, 0.3) is 0 Å². The van der Waals surface area contributed by atoms with Crippen molar-refractivity contribution in [3.8, 4) is 11.4 Å². The summed E-state index contributed by atoms with van der Waals surface area (Å²) in [5, 5.41) is 7.87. The highest BCUT2D eigenvalue weighted by atomic mass is 35.5. The molecule has 8 heteroatoms. The fourth-order valence-electron chi connectivity index (χ4n) is 2.15. The Morgan fingerprint density at radius 1 is 1.15 bits per heavy atom. The lowest BCUT2D eigenvalue weighted by Gasteiger charge is -2.05. The molecule has 0 fully saturated rings. The second-order valence-corrected chi connectivity index (χ2v) is 7.21. The maximum atomic E-state index is 11.9. The predicted molar refractivity (Wildman–Crippen MR) is 104 cm³/mol. The summed E-state index contributed by atoms with van der Waals surface area (Å²) in [6.45, 7) is 0.195. The van der Waals surface area contributed by atoms with E-state index in [0.717, 1.165) is 11.1 Å². The van der Waals surface area contributed by atoms with Crippen LogP contribution in [-0.4, -0.2) is 21.8 Å². The minimum absolute atomic E-state index is 0.112. The molecule has 1 amide bonds. The molecule has 3 rings (SSSR count). The van der Waals surface area contributed by atoms with Crippen LogP contribution in [0.1, 0.15) is 11.5 Å². The summed E-state index contributed by atoms with van der Waals surface area (Å²) in [6.07, 6.45) is 0. The monoisotopic (exact) mass is 407 g/mol. The van der Waals surface area contributed by atoms with E-state index in [9.17, 15) is 4.79 Å². The molecule has 1 N–H and O–H groups in total. The van der Waals surface area contributed by atoms with E-state index >= 15 is 0 Å². The minimum atomic E-state index is -0.112. The molecule has 0 saturated heterocycles. The van der Waals surface area contributed by atoms with Crippen molar-refractivity contribution in [2.75, 3.05) is 5.75 Å². The van der Waals surface area contributed by atoms with Gasteiger partial charge >= 0.3 is 0 Å². The third-order valence-corrected chi connectivity index (χ3v) is 5.01. The van der Waals surface area contributed by atoms with Gasteiger partial charge in [-0.3, -0.25) is 4.79 Å². The molecule has 0 bridgehead atoms. The number of carbonyl (C=O) groups is 1. The summed E-state index contributed by atoms with van der Waals surface area (Å²) in [5.41, 5.74) is 1.81. The third kappa shape index (κ3) is 5.24. The quantitative estimate of drug-likeness (QED) is 0.619. The highest BCUT2D eigenvalue weighted by molar-refractivity contribution is 7.99. The maximum absolute atomic E-state index is 11.9. The van der Waals surface area contributed by atoms with Crippen molar-refractivity contribution >= 4 is 40.9 Å². The van der Waals surface area contributed by atoms with Crippen LogP contribution in [0.25, 0.3) is 11.4 Å². The van der Waals surface area contributed by atoms with Crippen LogP contribution < -0.4 is 5.32 Å². The van der Waals surface area contributed by atoms with Crippen LogP contribution in [-0.2, 0) is 17.1 Å². The molecule has 0 aliphatic heterocycles. The fourth-order valence-corrected chi connectivity index (χ4v) is 3.56. The Kier molecular flexibility index (Phi) is 6.55. The SMILES string of the molecule is O=C(CSCc1ccc(Cl)cc1Cl)NCc1nc(-c2ccccc2)no1. The predicted octanol–water partition coefficient (Wildman–Crippen LogP) is 4.59. The summed E-state index contributed by atoms with van der Waals surface area (Å²) >= 11 is 13.4. The molecule has 0 atom stereocenters. The number of hydrogen-bond acceptors (Lipinski definition) is 5. The van der Waals surface area contributed by atoms with Crippen molar-refractivity contribution < 1.29 is 9.32 Å². The molecule has 0 aliphatic carbocycles. The van der Waals surface area contributed by atoms with Gasteiger partial charge in [0.2, 0.25) is 17.6 Å². The molecule has 0 aliphatic rings. The average molecular weight is 408 g/mol. The third-order valence-electron chi connectivity index (χ3n) is 3.44. The van der Waals surface area contributed by atoms with Crippen molar-refractivity contribution in [2.24, 2.45) is 0 Å². The smallest absolute Gasteiger partial charge is 0.246 e. The normalized spacial score (nSPS) is 10.7. The number of carbonyl (C=O) groups excluding carboxylic acids is 1. The molecule has 3 aromatic rings. The van der Waals surface area contributed by atoms with E-state index in [1.54, 1.807) is 12.1 Å². The molecule has 2 aromatic carbocycles. The summed E-state index contributed by atoms with van der Waals surface area (Å²) in [6, 6.07) is 14.8. The lowest BCUT2D eigenvalue weighted by molar-refractivity contribution is -0.118. The van der Waals surface area contributed by atoms with Gasteiger partial charge in [0, 0.05) is 21.4 Å². The van der Waals surface area contributed by atoms with Gasteiger partial charge in [-0.2, -0.15) is 4.98 Å². The van der Waals surface area contributed by atoms with Crippen LogP contribution in [0.4, 0.5) is 0 Å². The molecule has 0 unspecified atom stereocenters. The number of rotatable bonds is 7. The molecule has 134 valence electrons. The zero-order valence-electron chi connectivity index (χ0n) is 13.6. The van der Waals surface area contributed by atoms with Crippen molar-refractivity contribution in [3.63, 3.8) is 0 Å². The first kappa shape index (κ1) is 18.8. The van der Waals surface area contributed by atoms with Crippen molar-refractivity contribution in [2.45, 2.75) is 12.3 Å². The van der Waals surface area contributed by atoms with Crippen molar-refractivity contribution in [1.82, 2.24) is 15.5 Å². The van der Waals surface area contributed by atoms with E-state index in [-0.39, 0.29) is 12.5 Å². The van der Waals surface area contributed by atoms with Crippen LogP contribution in [0.2, 0.25) is 10.0 Å². The van der Waals surface area contributed by atoms with Gasteiger partial charge in [-0.05, 0) is 17.7 Å². The first-order valence-corrected chi connectivity index (χ1v) is 9.69. The number of thioether (sulfide) groups is 1. The number of hydrogen-bond donors (Lipinski definition) is 1. The van der Waals surface area contributed by atoms with E-state index in [2.05, 4.69) is 15.5 Å². The zero-order valence-corrected chi connectivity index (χ0v) is 15.9. The summed E-state index contributed by atoms with van der Waals surface area (Å²) in [7, 11) is 0. The molecular formula is C18H15Cl2N3O2S. The molecule has 5 nitrogen and oxygen atoms in total. The molecule has 0 radical (unpaired) electrons. The Labute approximate surface area is 165 Å². The Bertz CT molecular complexity index is 887. The number of halogens is 2. The second-order valence-electron chi connectivity index (χ2n) is 5.38. The van der Waals surface area contributed by atoms with Gasteiger partial charge in [-0.15, -0.1) is 11.8 Å². The molecule has 1 aromatic heterocycles. The van der Waals surface area contributed by atoms with Crippen molar-refractivity contribution in [3.05, 3.63) is 70.0 Å². The second kappa shape index (κ2) is 9.07. The van der Waals surface area contributed by atoms with Crippen LogP contribution in [0.15, 0.2) is 53.1 Å². The summed E-state index contributed by atoms with van der Waals surface area (Å²) in [4.78, 5) is 16.2. The highest BCUT2D eigenvalue weighted by Crippen LogP contribution is 2.24. The highest BCUT2D eigenvalue weighted by Gasteiger charge is 2.10. The van der Waals surface area contributed by atoms with E-state index in [4.69, 9.17) is 27.7 Å². The van der Waals surface area contributed by atoms with E-state index in [1.807, 2.05) is 36.4 Å². The Morgan fingerprint density at radius 3 is 2.73 bits per heavy atom. The van der Waals surface area contributed by atoms with Gasteiger partial charge in [-0.25, -0.2) is 0 Å². The van der Waals surface area contributed by atoms with Crippen LogP contribution in [0.3, 0.4) is 0 Å². The van der Waals surface area contributed by atoms with Gasteiger partial charge in [0.15, 0.2) is 0 Å². The Balaban J connectivity index is 1.44. The topological polar surface area (TPSA) is 68.0 Å². The number of nitrogens with zero attached hydrogens (tertiary/aromatic N) is 2. The maximum Gasteiger partial charge on any atom is 0.246 e. The standard InChI is InChI=1S/C18H15Cl2N3O2S/c19-14-7-6-13(15(20)8-14)10-26-11-16(24)21-9-17-22-18(23-25-17)12-4-2-1-3-5-12/h1-8H,9-11H2,(H,21,24). The molecular weight excluding hydrogens is 393 g/mol. The van der Waals surface area contributed by atoms with Crippen LogP contribution in [0, 0.1) is 0 Å². The van der Waals surface area contributed by atoms with Gasteiger partial charge in [-0.1, -0.05) is 64.8 Å². The fraction of sp³-hybridized carbons (Fsp3) is 0.167. The summed E-state index contributed by atoms with van der Waals surface area (Å²) in [5.74, 6) is 1.69. The Hall–Kier alpha value is -2.02. The minimum Gasteiger partial charge on any atom is -0.346 e. The lowest BCUT2D eigenvalue weighted by atomic mass is 10.2. The molecule has 26 heavy (non-hydrogen) atoms. The first-order chi connectivity index (χ1) is 12.6. The summed E-state index contributed by atoms with van der Waals surface area (Å²) < 4.78 is 5.16. The van der Waals surface area contributed by atoms with Crippen LogP contribution in [0.5, 0.6) is 0 Å². The number of aromatic nitrogens is 2. The molecule has 1 heterocycles. The van der Waals surface area contributed by atoms with E-state index < -0.39 is 0 Å². The van der Waals surface area contributed by atoms with Gasteiger partial charge in [0.1, 0.15) is 0 Å². The van der Waals surface area contributed by atoms with E-state index in [0.29, 0.717) is 33.3 Å². The van der Waals surface area contributed by atoms with E-state index in [1.165, 1.54) is 11.8 Å².